The highest BCUT2D eigenvalue weighted by Gasteiger charge is 2.17. The molecule has 3 aromatic carbocycles. The molecule has 0 aliphatic rings. The van der Waals surface area contributed by atoms with E-state index in [0.29, 0.717) is 11.3 Å². The van der Waals surface area contributed by atoms with Gasteiger partial charge in [-0.2, -0.15) is 0 Å². The Morgan fingerprint density at radius 2 is 1.62 bits per heavy atom. The van der Waals surface area contributed by atoms with E-state index in [0.717, 1.165) is 27.8 Å². The Morgan fingerprint density at radius 3 is 2.29 bits per heavy atom. The zero-order valence-electron chi connectivity index (χ0n) is 17.4. The lowest BCUT2D eigenvalue weighted by Gasteiger charge is -2.09. The van der Waals surface area contributed by atoms with Gasteiger partial charge in [0.15, 0.2) is 5.16 Å². The van der Waals surface area contributed by atoms with Gasteiger partial charge in [-0.05, 0) is 48.0 Å². The van der Waals surface area contributed by atoms with Gasteiger partial charge < -0.3 is 4.98 Å². The van der Waals surface area contributed by atoms with Crippen molar-refractivity contribution in [3.05, 3.63) is 88.4 Å². The summed E-state index contributed by atoms with van der Waals surface area (Å²) >= 11 is 7.36. The van der Waals surface area contributed by atoms with Gasteiger partial charge in [-0.25, -0.2) is 18.5 Å². The number of hydrogen-bond donors (Lipinski definition) is 4. The second-order valence-corrected chi connectivity index (χ2v) is 10.0. The third kappa shape index (κ3) is 5.57. The van der Waals surface area contributed by atoms with Crippen LogP contribution in [-0.2, 0) is 15.8 Å². The molecule has 174 valence electrons. The third-order valence-electron chi connectivity index (χ3n) is 4.75. The average molecular weight is 516 g/mol. The van der Waals surface area contributed by atoms with E-state index in [1.54, 1.807) is 23.9 Å². The van der Waals surface area contributed by atoms with Gasteiger partial charge in [0.05, 0.1) is 16.1 Å². The maximum atomic E-state index is 12.4. The number of nitrogens with two attached hydrogens (primary N) is 1. The van der Waals surface area contributed by atoms with Crippen molar-refractivity contribution < 1.29 is 18.0 Å². The number of imidazole rings is 1. The summed E-state index contributed by atoms with van der Waals surface area (Å²) in [6, 6.07) is 18.3. The lowest BCUT2D eigenvalue weighted by molar-refractivity contribution is 0.0846. The van der Waals surface area contributed by atoms with Crippen LogP contribution >= 0.6 is 23.4 Å². The Kier molecular flexibility index (Phi) is 6.89. The van der Waals surface area contributed by atoms with Crippen LogP contribution in [0.25, 0.3) is 11.0 Å². The number of hydrogen-bond acceptors (Lipinski definition) is 6. The van der Waals surface area contributed by atoms with Gasteiger partial charge >= 0.3 is 0 Å². The van der Waals surface area contributed by atoms with Crippen LogP contribution in [0.3, 0.4) is 0 Å². The zero-order valence-corrected chi connectivity index (χ0v) is 19.8. The molecule has 0 aliphatic carbocycles. The quantitative estimate of drug-likeness (QED) is 0.229. The smallest absolute Gasteiger partial charge is 0.269 e. The molecular weight excluding hydrogens is 498 g/mol. The number of thioether (sulfide) groups is 1. The van der Waals surface area contributed by atoms with Gasteiger partial charge in [0.25, 0.3) is 11.8 Å². The van der Waals surface area contributed by atoms with Crippen LogP contribution in [0.15, 0.2) is 76.8 Å². The number of para-hydroxylation sites is 2. The van der Waals surface area contributed by atoms with E-state index in [1.165, 1.54) is 12.1 Å². The molecule has 4 aromatic rings. The number of nitrogens with one attached hydrogen (secondary N) is 3. The van der Waals surface area contributed by atoms with Crippen molar-refractivity contribution in [2.24, 2.45) is 5.14 Å². The van der Waals surface area contributed by atoms with Gasteiger partial charge in [0.1, 0.15) is 4.90 Å². The van der Waals surface area contributed by atoms with Crippen LogP contribution in [0.4, 0.5) is 0 Å². The number of primary sulfonamides is 1. The number of H-pyrrole nitrogens is 1. The summed E-state index contributed by atoms with van der Waals surface area (Å²) in [5.41, 5.74) is 7.68. The van der Waals surface area contributed by atoms with Gasteiger partial charge in [0, 0.05) is 16.9 Å². The summed E-state index contributed by atoms with van der Waals surface area (Å²) in [4.78, 5) is 32.0. The zero-order chi connectivity index (χ0) is 24.3. The van der Waals surface area contributed by atoms with Crippen LogP contribution in [0, 0.1) is 0 Å². The normalized spacial score (nSPS) is 11.4. The van der Waals surface area contributed by atoms with E-state index in [1.807, 2.05) is 36.4 Å². The molecule has 0 unspecified atom stereocenters. The highest BCUT2D eigenvalue weighted by atomic mass is 35.5. The lowest BCUT2D eigenvalue weighted by Crippen LogP contribution is -2.41. The highest BCUT2D eigenvalue weighted by Crippen LogP contribution is 2.23. The number of hydrazine groups is 1. The summed E-state index contributed by atoms with van der Waals surface area (Å²) in [5.74, 6) is -0.610. The minimum Gasteiger partial charge on any atom is -0.333 e. The molecule has 1 aromatic heterocycles. The molecule has 0 spiro atoms. The van der Waals surface area contributed by atoms with Crippen molar-refractivity contribution in [2.75, 3.05) is 0 Å². The molecule has 0 radical (unpaired) electrons. The number of halogens is 1. The second-order valence-electron chi connectivity index (χ2n) is 7.14. The first-order chi connectivity index (χ1) is 16.2. The number of aromatic nitrogens is 2. The van der Waals surface area contributed by atoms with Gasteiger partial charge in [-0.15, -0.1) is 0 Å². The maximum Gasteiger partial charge on any atom is 0.269 e. The summed E-state index contributed by atoms with van der Waals surface area (Å²) in [5, 5.41) is 5.78. The molecule has 9 nitrogen and oxygen atoms in total. The van der Waals surface area contributed by atoms with Crippen molar-refractivity contribution >= 4 is 56.2 Å². The number of fused-ring (bicyclic) bond motifs is 1. The van der Waals surface area contributed by atoms with Crippen molar-refractivity contribution in [3.8, 4) is 0 Å². The molecule has 12 heteroatoms. The summed E-state index contributed by atoms with van der Waals surface area (Å²) < 4.78 is 23.1. The fourth-order valence-electron chi connectivity index (χ4n) is 3.02. The predicted octanol–water partition coefficient (Wildman–Crippen LogP) is 3.23. The molecule has 0 saturated heterocycles. The number of benzene rings is 3. The largest absolute Gasteiger partial charge is 0.333 e. The topological polar surface area (TPSA) is 147 Å². The molecule has 0 saturated carbocycles. The average Bonchev–Trinajstić information content (AvgIpc) is 3.24. The van der Waals surface area contributed by atoms with Crippen LogP contribution in [0.5, 0.6) is 0 Å². The van der Waals surface area contributed by atoms with Gasteiger partial charge in [0.2, 0.25) is 10.0 Å². The Morgan fingerprint density at radius 1 is 0.971 bits per heavy atom. The molecule has 1 heterocycles. The van der Waals surface area contributed by atoms with Gasteiger partial charge in [-0.1, -0.05) is 47.6 Å². The third-order valence-corrected chi connectivity index (χ3v) is 7.09. The van der Waals surface area contributed by atoms with E-state index < -0.39 is 21.8 Å². The molecule has 34 heavy (non-hydrogen) atoms. The number of amides is 2. The standard InChI is InChI=1S/C22H18ClN5O4S2/c23-16-10-9-15(11-19(16)34(24,31)32)21(30)28-27-20(29)14-7-5-13(6-8-14)12-33-22-25-17-3-1-2-4-18(17)26-22/h1-11H,12H2,(H,25,26)(H,27,29)(H,28,30)(H2,24,31,32). The fourth-order valence-corrected chi connectivity index (χ4v) is 4.93. The van der Waals surface area contributed by atoms with E-state index in [-0.39, 0.29) is 15.5 Å². The van der Waals surface area contributed by atoms with E-state index in [2.05, 4.69) is 20.8 Å². The van der Waals surface area contributed by atoms with Crippen LogP contribution < -0.4 is 16.0 Å². The first-order valence-electron chi connectivity index (χ1n) is 9.80. The molecule has 0 atom stereocenters. The Balaban J connectivity index is 1.33. The van der Waals surface area contributed by atoms with Crippen LogP contribution in [0.1, 0.15) is 26.3 Å². The van der Waals surface area contributed by atoms with Crippen molar-refractivity contribution in [2.45, 2.75) is 15.8 Å². The fraction of sp³-hybridized carbons (Fsp3) is 0.0455. The van der Waals surface area contributed by atoms with E-state index >= 15 is 0 Å². The molecule has 2 amide bonds. The van der Waals surface area contributed by atoms with Crippen molar-refractivity contribution in [1.82, 2.24) is 20.8 Å². The number of carbonyl (C=O) groups excluding carboxylic acids is 2. The number of nitrogens with zero attached hydrogens (tertiary/aromatic N) is 1. The Hall–Kier alpha value is -3.38. The van der Waals surface area contributed by atoms with Crippen LogP contribution in [0.2, 0.25) is 5.02 Å². The minimum atomic E-state index is -4.10. The number of carbonyl (C=O) groups is 2. The Labute approximate surface area is 204 Å². The number of sulfonamides is 1. The second kappa shape index (κ2) is 9.85. The summed E-state index contributed by atoms with van der Waals surface area (Å²) in [7, 11) is -4.10. The molecular formula is C22H18ClN5O4S2. The Bertz CT molecular complexity index is 1450. The highest BCUT2D eigenvalue weighted by molar-refractivity contribution is 7.98. The minimum absolute atomic E-state index is 0.0355. The number of aromatic amines is 1. The summed E-state index contributed by atoms with van der Waals surface area (Å²) in [6.07, 6.45) is 0. The summed E-state index contributed by atoms with van der Waals surface area (Å²) in [6.45, 7) is 0. The lowest BCUT2D eigenvalue weighted by atomic mass is 10.1. The van der Waals surface area contributed by atoms with E-state index in [9.17, 15) is 18.0 Å². The maximum absolute atomic E-state index is 12.4. The molecule has 0 fully saturated rings. The number of rotatable bonds is 6. The predicted molar refractivity (Wildman–Crippen MR) is 130 cm³/mol. The first-order valence-corrected chi connectivity index (χ1v) is 12.7. The molecule has 0 aliphatic heterocycles. The molecule has 0 bridgehead atoms. The first kappa shape index (κ1) is 23.8. The molecule has 5 N–H and O–H groups in total. The monoisotopic (exact) mass is 515 g/mol. The van der Waals surface area contributed by atoms with Crippen molar-refractivity contribution in [1.29, 1.82) is 0 Å². The van der Waals surface area contributed by atoms with Crippen molar-refractivity contribution in [3.63, 3.8) is 0 Å². The SMILES string of the molecule is NS(=O)(=O)c1cc(C(=O)NNC(=O)c2ccc(CSc3nc4ccccc4[nH]3)cc2)ccc1Cl. The molecule has 4 rings (SSSR count). The van der Waals surface area contributed by atoms with E-state index in [4.69, 9.17) is 16.7 Å². The van der Waals surface area contributed by atoms with Gasteiger partial charge in [-0.3, -0.25) is 20.4 Å². The van der Waals surface area contributed by atoms with Crippen LogP contribution in [-0.4, -0.2) is 30.2 Å².